The molecule has 0 aromatic heterocycles. The van der Waals surface area contributed by atoms with Crippen LogP contribution in [0.1, 0.15) is 39.0 Å². The third-order valence-corrected chi connectivity index (χ3v) is 4.01. The molecule has 5 heteroatoms. The van der Waals surface area contributed by atoms with Crippen molar-refractivity contribution in [3.8, 4) is 0 Å². The van der Waals surface area contributed by atoms with Gasteiger partial charge in [0.2, 0.25) is 11.8 Å². The molecule has 0 unspecified atom stereocenters. The summed E-state index contributed by atoms with van der Waals surface area (Å²) >= 11 is 0. The number of ether oxygens (including phenoxy) is 1. The van der Waals surface area contributed by atoms with Crippen molar-refractivity contribution in [1.29, 1.82) is 0 Å². The van der Waals surface area contributed by atoms with Gasteiger partial charge >= 0.3 is 0 Å². The fourth-order valence-corrected chi connectivity index (χ4v) is 2.83. The standard InChI is InChI=1S/C14H24N2O3/c1-2-12-11-19-10-9-16(12)14(18)6-4-8-15-7-3-5-13(15)17/h12H,2-11H2,1H3/t12-/m0/s1. The Morgan fingerprint density at radius 3 is 2.95 bits per heavy atom. The molecule has 2 fully saturated rings. The Kier molecular flexibility index (Phi) is 5.19. The summed E-state index contributed by atoms with van der Waals surface area (Å²) in [7, 11) is 0. The summed E-state index contributed by atoms with van der Waals surface area (Å²) in [5, 5.41) is 0. The van der Waals surface area contributed by atoms with Crippen molar-refractivity contribution in [2.75, 3.05) is 32.8 Å². The normalized spacial score (nSPS) is 24.1. The maximum absolute atomic E-state index is 12.2. The molecule has 2 saturated heterocycles. The lowest BCUT2D eigenvalue weighted by Gasteiger charge is -2.35. The van der Waals surface area contributed by atoms with E-state index in [1.165, 1.54) is 0 Å². The smallest absolute Gasteiger partial charge is 0.223 e. The summed E-state index contributed by atoms with van der Waals surface area (Å²) in [6.07, 6.45) is 3.90. The van der Waals surface area contributed by atoms with Crippen LogP contribution in [0.5, 0.6) is 0 Å². The van der Waals surface area contributed by atoms with Crippen LogP contribution in [0.2, 0.25) is 0 Å². The van der Waals surface area contributed by atoms with Gasteiger partial charge in [0.25, 0.3) is 0 Å². The van der Waals surface area contributed by atoms with Crippen molar-refractivity contribution in [2.45, 2.75) is 45.1 Å². The van der Waals surface area contributed by atoms with Crippen molar-refractivity contribution in [3.05, 3.63) is 0 Å². The molecule has 0 aromatic rings. The monoisotopic (exact) mass is 268 g/mol. The number of carbonyl (C=O) groups is 2. The number of rotatable bonds is 5. The minimum atomic E-state index is 0.210. The first kappa shape index (κ1) is 14.3. The molecule has 2 rings (SSSR count). The predicted molar refractivity (Wildman–Crippen MR) is 71.7 cm³/mol. The highest BCUT2D eigenvalue weighted by Gasteiger charge is 2.26. The van der Waals surface area contributed by atoms with Crippen molar-refractivity contribution in [2.24, 2.45) is 0 Å². The zero-order valence-electron chi connectivity index (χ0n) is 11.8. The van der Waals surface area contributed by atoms with E-state index in [4.69, 9.17) is 4.74 Å². The van der Waals surface area contributed by atoms with Crippen LogP contribution >= 0.6 is 0 Å². The Labute approximate surface area is 114 Å². The van der Waals surface area contributed by atoms with Crippen LogP contribution in [-0.2, 0) is 14.3 Å². The van der Waals surface area contributed by atoms with Gasteiger partial charge in [-0.25, -0.2) is 0 Å². The van der Waals surface area contributed by atoms with Gasteiger partial charge in [-0.1, -0.05) is 6.92 Å². The molecular formula is C14H24N2O3. The number of carbonyl (C=O) groups excluding carboxylic acids is 2. The molecule has 0 radical (unpaired) electrons. The zero-order valence-corrected chi connectivity index (χ0v) is 11.8. The van der Waals surface area contributed by atoms with Gasteiger partial charge in [0.15, 0.2) is 0 Å². The van der Waals surface area contributed by atoms with Gasteiger partial charge in [0, 0.05) is 32.5 Å². The van der Waals surface area contributed by atoms with E-state index in [2.05, 4.69) is 6.92 Å². The second kappa shape index (κ2) is 6.89. The van der Waals surface area contributed by atoms with E-state index < -0.39 is 0 Å². The van der Waals surface area contributed by atoms with Crippen molar-refractivity contribution in [3.63, 3.8) is 0 Å². The topological polar surface area (TPSA) is 49.9 Å². The highest BCUT2D eigenvalue weighted by Crippen LogP contribution is 2.14. The van der Waals surface area contributed by atoms with Crippen LogP contribution in [0, 0.1) is 0 Å². The first-order chi connectivity index (χ1) is 9.22. The molecular weight excluding hydrogens is 244 g/mol. The Morgan fingerprint density at radius 1 is 1.42 bits per heavy atom. The van der Waals surface area contributed by atoms with Gasteiger partial charge in [-0.2, -0.15) is 0 Å². The average Bonchev–Trinajstić information content (AvgIpc) is 2.84. The summed E-state index contributed by atoms with van der Waals surface area (Å²) in [5.41, 5.74) is 0. The largest absolute Gasteiger partial charge is 0.377 e. The van der Waals surface area contributed by atoms with Crippen LogP contribution < -0.4 is 0 Å². The predicted octanol–water partition coefficient (Wildman–Crippen LogP) is 1.03. The van der Waals surface area contributed by atoms with Crippen LogP contribution in [0.4, 0.5) is 0 Å². The summed E-state index contributed by atoms with van der Waals surface area (Å²) in [6, 6.07) is 0.231. The van der Waals surface area contributed by atoms with E-state index in [0.717, 1.165) is 32.4 Å². The minimum Gasteiger partial charge on any atom is -0.377 e. The molecule has 2 aliphatic rings. The second-order valence-electron chi connectivity index (χ2n) is 5.31. The molecule has 19 heavy (non-hydrogen) atoms. The van der Waals surface area contributed by atoms with E-state index >= 15 is 0 Å². The van der Waals surface area contributed by atoms with Crippen molar-refractivity contribution in [1.82, 2.24) is 9.80 Å². The number of amides is 2. The third kappa shape index (κ3) is 3.69. The maximum atomic E-state index is 12.2. The minimum absolute atomic E-state index is 0.210. The van der Waals surface area contributed by atoms with Gasteiger partial charge in [-0.15, -0.1) is 0 Å². The second-order valence-corrected chi connectivity index (χ2v) is 5.31. The van der Waals surface area contributed by atoms with Crippen LogP contribution in [0.15, 0.2) is 0 Å². The van der Waals surface area contributed by atoms with Crippen LogP contribution in [0.25, 0.3) is 0 Å². The Morgan fingerprint density at radius 2 is 2.26 bits per heavy atom. The first-order valence-corrected chi connectivity index (χ1v) is 7.37. The van der Waals surface area contributed by atoms with Crippen molar-refractivity contribution < 1.29 is 14.3 Å². The lowest BCUT2D eigenvalue weighted by Crippen LogP contribution is -2.48. The molecule has 0 N–H and O–H groups in total. The highest BCUT2D eigenvalue weighted by molar-refractivity contribution is 5.78. The molecule has 5 nitrogen and oxygen atoms in total. The highest BCUT2D eigenvalue weighted by atomic mass is 16.5. The van der Waals surface area contributed by atoms with Gasteiger partial charge in [0.1, 0.15) is 0 Å². The number of hydrogen-bond acceptors (Lipinski definition) is 3. The van der Waals surface area contributed by atoms with Gasteiger partial charge in [-0.05, 0) is 19.3 Å². The lowest BCUT2D eigenvalue weighted by molar-refractivity contribution is -0.140. The number of hydrogen-bond donors (Lipinski definition) is 0. The van der Waals surface area contributed by atoms with Gasteiger partial charge in [-0.3, -0.25) is 9.59 Å². The molecule has 108 valence electrons. The van der Waals surface area contributed by atoms with Crippen LogP contribution in [0.3, 0.4) is 0 Å². The van der Waals surface area contributed by atoms with E-state index in [1.807, 2.05) is 9.80 Å². The number of nitrogens with zero attached hydrogens (tertiary/aromatic N) is 2. The summed E-state index contributed by atoms with van der Waals surface area (Å²) in [4.78, 5) is 27.5. The Bertz CT molecular complexity index is 333. The molecule has 0 saturated carbocycles. The SMILES string of the molecule is CC[C@H]1COCCN1C(=O)CCCN1CCCC1=O. The average molecular weight is 268 g/mol. The van der Waals surface area contributed by atoms with E-state index in [-0.39, 0.29) is 17.9 Å². The molecule has 0 aliphatic carbocycles. The van der Waals surface area contributed by atoms with E-state index in [1.54, 1.807) is 0 Å². The molecule has 2 heterocycles. The van der Waals surface area contributed by atoms with Gasteiger partial charge < -0.3 is 14.5 Å². The molecule has 0 spiro atoms. The Balaban J connectivity index is 1.72. The van der Waals surface area contributed by atoms with Crippen molar-refractivity contribution >= 4 is 11.8 Å². The van der Waals surface area contributed by atoms with Crippen LogP contribution in [-0.4, -0.2) is 60.5 Å². The van der Waals surface area contributed by atoms with Gasteiger partial charge in [0.05, 0.1) is 19.3 Å². The summed E-state index contributed by atoms with van der Waals surface area (Å²) in [5.74, 6) is 0.451. The lowest BCUT2D eigenvalue weighted by atomic mass is 10.1. The number of likely N-dealkylation sites (tertiary alicyclic amines) is 1. The summed E-state index contributed by atoms with van der Waals surface area (Å²) in [6.45, 7) is 5.69. The molecule has 2 amide bonds. The quantitative estimate of drug-likeness (QED) is 0.748. The molecule has 1 atom stereocenters. The molecule has 0 bridgehead atoms. The fourth-order valence-electron chi connectivity index (χ4n) is 2.83. The van der Waals surface area contributed by atoms with E-state index in [0.29, 0.717) is 32.6 Å². The fraction of sp³-hybridized carbons (Fsp3) is 0.857. The Hall–Kier alpha value is -1.10. The summed E-state index contributed by atoms with van der Waals surface area (Å²) < 4.78 is 5.41. The number of morpholine rings is 1. The molecule has 2 aliphatic heterocycles. The van der Waals surface area contributed by atoms with E-state index in [9.17, 15) is 9.59 Å². The maximum Gasteiger partial charge on any atom is 0.223 e. The molecule has 0 aromatic carbocycles. The third-order valence-electron chi connectivity index (χ3n) is 4.01. The first-order valence-electron chi connectivity index (χ1n) is 7.37. The zero-order chi connectivity index (χ0) is 13.7.